The Morgan fingerprint density at radius 1 is 1.08 bits per heavy atom. The van der Waals surface area contributed by atoms with Crippen LogP contribution in [0.4, 0.5) is 5.69 Å². The SMILES string of the molecule is CCc1nn(CC(=O)NCCCN2CCN(c3cc(C)ccc3C)CC2)c(=O)c2cc3occc3n12. The Kier molecular flexibility index (Phi) is 6.82. The van der Waals surface area contributed by atoms with Crippen LogP contribution in [0.15, 0.2) is 45.8 Å². The first-order valence-corrected chi connectivity index (χ1v) is 12.7. The summed E-state index contributed by atoms with van der Waals surface area (Å²) in [5, 5.41) is 7.41. The maximum atomic E-state index is 13.0. The van der Waals surface area contributed by atoms with Crippen molar-refractivity contribution in [3.63, 3.8) is 0 Å². The molecule has 0 bridgehead atoms. The third-order valence-corrected chi connectivity index (χ3v) is 7.03. The highest BCUT2D eigenvalue weighted by Crippen LogP contribution is 2.23. The number of furan rings is 1. The number of fused-ring (bicyclic) bond motifs is 3. The van der Waals surface area contributed by atoms with Crippen LogP contribution in [-0.4, -0.2) is 64.3 Å². The van der Waals surface area contributed by atoms with Gasteiger partial charge in [0.05, 0.1) is 11.8 Å². The summed E-state index contributed by atoms with van der Waals surface area (Å²) in [4.78, 5) is 30.4. The van der Waals surface area contributed by atoms with E-state index in [1.54, 1.807) is 12.3 Å². The summed E-state index contributed by atoms with van der Waals surface area (Å²) in [7, 11) is 0. The monoisotopic (exact) mass is 490 g/mol. The van der Waals surface area contributed by atoms with Crippen molar-refractivity contribution in [1.29, 1.82) is 0 Å². The van der Waals surface area contributed by atoms with Gasteiger partial charge in [-0.05, 0) is 44.0 Å². The minimum absolute atomic E-state index is 0.0939. The number of nitrogens with one attached hydrogen (secondary N) is 1. The van der Waals surface area contributed by atoms with E-state index in [4.69, 9.17) is 4.42 Å². The lowest BCUT2D eigenvalue weighted by molar-refractivity contribution is -0.121. The number of nitrogens with zero attached hydrogens (tertiary/aromatic N) is 5. The van der Waals surface area contributed by atoms with Crippen molar-refractivity contribution in [2.24, 2.45) is 0 Å². The molecule has 0 unspecified atom stereocenters. The minimum atomic E-state index is -0.296. The number of hydrogen-bond donors (Lipinski definition) is 1. The van der Waals surface area contributed by atoms with Gasteiger partial charge in [-0.3, -0.25) is 18.9 Å². The van der Waals surface area contributed by atoms with Crippen molar-refractivity contribution in [1.82, 2.24) is 24.4 Å². The number of amides is 1. The summed E-state index contributed by atoms with van der Waals surface area (Å²) in [6.45, 7) is 11.8. The fourth-order valence-electron chi connectivity index (χ4n) is 5.05. The molecule has 1 amide bonds. The number of hydrogen-bond acceptors (Lipinski definition) is 6. The number of carbonyl (C=O) groups is 1. The van der Waals surface area contributed by atoms with E-state index >= 15 is 0 Å². The first-order chi connectivity index (χ1) is 17.4. The molecule has 4 aromatic rings. The maximum Gasteiger partial charge on any atom is 0.291 e. The standard InChI is InChI=1S/C27H34N6O3/c1-4-25-29-32(27(35)23-17-24-21(33(23)25)8-15-36-24)18-26(34)28-9-5-10-30-11-13-31(14-12-30)22-16-19(2)6-7-20(22)3/h6-8,15-17H,4-5,9-14,18H2,1-3H3,(H,28,34). The minimum Gasteiger partial charge on any atom is -0.463 e. The lowest BCUT2D eigenvalue weighted by Crippen LogP contribution is -2.47. The fraction of sp³-hybridized carbons (Fsp3) is 0.444. The first kappa shape index (κ1) is 24.1. The number of piperazine rings is 1. The summed E-state index contributed by atoms with van der Waals surface area (Å²) >= 11 is 0. The molecular weight excluding hydrogens is 456 g/mol. The van der Waals surface area contributed by atoms with Crippen LogP contribution in [0, 0.1) is 13.8 Å². The van der Waals surface area contributed by atoms with Gasteiger partial charge in [-0.1, -0.05) is 19.1 Å². The molecule has 3 aromatic heterocycles. The van der Waals surface area contributed by atoms with E-state index in [1.807, 2.05) is 17.4 Å². The fourth-order valence-corrected chi connectivity index (χ4v) is 5.05. The van der Waals surface area contributed by atoms with Gasteiger partial charge in [0.1, 0.15) is 17.9 Å². The van der Waals surface area contributed by atoms with Crippen LogP contribution in [0.2, 0.25) is 0 Å². The van der Waals surface area contributed by atoms with Gasteiger partial charge in [-0.25, -0.2) is 4.68 Å². The molecule has 1 aliphatic heterocycles. The molecule has 0 radical (unpaired) electrons. The van der Waals surface area contributed by atoms with Gasteiger partial charge in [0.2, 0.25) is 5.91 Å². The van der Waals surface area contributed by atoms with Crippen molar-refractivity contribution in [3.8, 4) is 0 Å². The smallest absolute Gasteiger partial charge is 0.291 e. The lowest BCUT2D eigenvalue weighted by Gasteiger charge is -2.37. The maximum absolute atomic E-state index is 13.0. The van der Waals surface area contributed by atoms with Crippen LogP contribution >= 0.6 is 0 Å². The largest absolute Gasteiger partial charge is 0.463 e. The number of rotatable bonds is 8. The molecule has 5 rings (SSSR count). The third-order valence-electron chi connectivity index (χ3n) is 7.03. The van der Waals surface area contributed by atoms with Gasteiger partial charge in [0, 0.05) is 57.0 Å². The zero-order chi connectivity index (χ0) is 25.2. The second-order valence-electron chi connectivity index (χ2n) is 9.59. The van der Waals surface area contributed by atoms with Crippen molar-refractivity contribution in [2.75, 3.05) is 44.2 Å². The molecule has 1 saturated heterocycles. The molecular formula is C27H34N6O3. The Hall–Kier alpha value is -3.59. The molecule has 190 valence electrons. The van der Waals surface area contributed by atoms with Crippen LogP contribution in [-0.2, 0) is 17.8 Å². The van der Waals surface area contributed by atoms with Gasteiger partial charge >= 0.3 is 0 Å². The van der Waals surface area contributed by atoms with Gasteiger partial charge in [-0.15, -0.1) is 0 Å². The molecule has 0 saturated carbocycles. The molecule has 9 heteroatoms. The summed E-state index contributed by atoms with van der Waals surface area (Å²) in [5.74, 6) is 0.514. The van der Waals surface area contributed by atoms with E-state index in [2.05, 4.69) is 52.3 Å². The summed E-state index contributed by atoms with van der Waals surface area (Å²) in [5.41, 5.74) is 5.59. The predicted octanol–water partition coefficient (Wildman–Crippen LogP) is 2.75. The van der Waals surface area contributed by atoms with E-state index in [9.17, 15) is 9.59 Å². The molecule has 9 nitrogen and oxygen atoms in total. The van der Waals surface area contributed by atoms with E-state index in [-0.39, 0.29) is 18.0 Å². The van der Waals surface area contributed by atoms with Gasteiger partial charge in [-0.2, -0.15) is 5.10 Å². The van der Waals surface area contributed by atoms with E-state index in [1.165, 1.54) is 21.5 Å². The Morgan fingerprint density at radius 3 is 2.67 bits per heavy atom. The second kappa shape index (κ2) is 10.2. The predicted molar refractivity (Wildman–Crippen MR) is 141 cm³/mol. The average molecular weight is 491 g/mol. The Balaban J connectivity index is 1.11. The highest BCUT2D eigenvalue weighted by atomic mass is 16.3. The topological polar surface area (TPSA) is 88.0 Å². The van der Waals surface area contributed by atoms with E-state index < -0.39 is 0 Å². The van der Waals surface area contributed by atoms with E-state index in [0.29, 0.717) is 29.9 Å². The number of aryl methyl sites for hydroxylation is 3. The molecule has 0 atom stereocenters. The Labute approximate surface area is 210 Å². The average Bonchev–Trinajstić information content (AvgIpc) is 3.48. The van der Waals surface area contributed by atoms with Gasteiger partial charge in [0.15, 0.2) is 5.58 Å². The van der Waals surface area contributed by atoms with Crippen LogP contribution < -0.4 is 15.8 Å². The Bertz CT molecular complexity index is 1440. The van der Waals surface area contributed by atoms with Crippen LogP contribution in [0.3, 0.4) is 0 Å². The Morgan fingerprint density at radius 2 is 1.89 bits per heavy atom. The molecule has 1 aliphatic rings. The summed E-state index contributed by atoms with van der Waals surface area (Å²) in [6.07, 6.45) is 3.09. The molecule has 0 aliphatic carbocycles. The quantitative estimate of drug-likeness (QED) is 0.382. The van der Waals surface area contributed by atoms with Gasteiger partial charge in [0.25, 0.3) is 5.56 Å². The highest BCUT2D eigenvalue weighted by molar-refractivity contribution is 5.82. The number of carbonyl (C=O) groups excluding carboxylic acids is 1. The molecule has 1 N–H and O–H groups in total. The van der Waals surface area contributed by atoms with Crippen LogP contribution in [0.25, 0.3) is 16.6 Å². The summed E-state index contributed by atoms with van der Waals surface area (Å²) < 4.78 is 8.52. The van der Waals surface area contributed by atoms with Crippen LogP contribution in [0.5, 0.6) is 0 Å². The van der Waals surface area contributed by atoms with Crippen molar-refractivity contribution in [3.05, 3.63) is 63.9 Å². The summed E-state index contributed by atoms with van der Waals surface area (Å²) in [6, 6.07) is 10.2. The van der Waals surface area contributed by atoms with Crippen molar-refractivity contribution in [2.45, 2.75) is 40.2 Å². The molecule has 4 heterocycles. The molecule has 1 fully saturated rings. The van der Waals surface area contributed by atoms with Crippen LogP contribution in [0.1, 0.15) is 30.3 Å². The normalized spacial score (nSPS) is 14.7. The first-order valence-electron chi connectivity index (χ1n) is 12.7. The van der Waals surface area contributed by atoms with Gasteiger partial charge < -0.3 is 14.6 Å². The number of anilines is 1. The van der Waals surface area contributed by atoms with Crippen molar-refractivity contribution < 1.29 is 9.21 Å². The number of aromatic nitrogens is 3. The molecule has 0 spiro atoms. The number of benzene rings is 1. The van der Waals surface area contributed by atoms with E-state index in [0.717, 1.165) is 44.7 Å². The molecule has 1 aromatic carbocycles. The zero-order valence-electron chi connectivity index (χ0n) is 21.3. The highest BCUT2D eigenvalue weighted by Gasteiger charge is 2.19. The second-order valence-corrected chi connectivity index (χ2v) is 9.59. The van der Waals surface area contributed by atoms with Crippen molar-refractivity contribution >= 4 is 28.2 Å². The molecule has 36 heavy (non-hydrogen) atoms. The zero-order valence-corrected chi connectivity index (χ0v) is 21.3. The lowest BCUT2D eigenvalue weighted by atomic mass is 10.1. The third kappa shape index (κ3) is 4.75.